The van der Waals surface area contributed by atoms with Crippen molar-refractivity contribution in [2.45, 2.75) is 231 Å². The van der Waals surface area contributed by atoms with Crippen LogP contribution in [0.15, 0.2) is 48.6 Å². The molecule has 292 valence electrons. The zero-order valence-electron chi connectivity index (χ0n) is 33.4. The summed E-state index contributed by atoms with van der Waals surface area (Å²) in [5.74, 6) is -0.0814. The average Bonchev–Trinajstić information content (AvgIpc) is 3.12. The number of allylic oxidation sites excluding steroid dienone is 7. The van der Waals surface area contributed by atoms with Crippen LogP contribution >= 0.6 is 0 Å². The minimum absolute atomic E-state index is 0.0814. The van der Waals surface area contributed by atoms with E-state index in [-0.39, 0.29) is 12.5 Å². The van der Waals surface area contributed by atoms with Crippen LogP contribution in [-0.4, -0.2) is 34.9 Å². The first-order valence-corrected chi connectivity index (χ1v) is 21.8. The molecule has 0 saturated heterocycles. The molecule has 0 rings (SSSR count). The number of hydrogen-bond acceptors (Lipinski definition) is 3. The largest absolute Gasteiger partial charge is 0.394 e. The SMILES string of the molecule is C/C=C/CC/C=C/CC/C=C/C(O)C(CO)NC(=O)CCCCCCCCCCCCCCC/C=C\CCCCCCCCCCCCCC. The smallest absolute Gasteiger partial charge is 0.220 e. The first-order valence-electron chi connectivity index (χ1n) is 21.8. The number of unbranched alkanes of at least 4 members (excludes halogenated alkanes) is 27. The molecule has 0 spiro atoms. The van der Waals surface area contributed by atoms with Gasteiger partial charge in [-0.05, 0) is 64.7 Å². The standard InChI is InChI=1S/C46H85NO3/c1-3-5-7-9-11-13-14-15-16-17-18-19-20-21-22-23-24-25-26-27-28-29-30-31-32-34-36-38-40-42-46(50)47-44(43-48)45(49)41-39-37-35-33-12-10-8-6-4-2/h4,6,12,21-22,33,39,41,44-45,48-49H,3,5,7-11,13-20,23-32,34-38,40,42-43H2,1-2H3,(H,47,50)/b6-4+,22-21-,33-12+,41-39+. The lowest BCUT2D eigenvalue weighted by Crippen LogP contribution is -2.45. The number of amides is 1. The van der Waals surface area contributed by atoms with Crippen LogP contribution in [0.5, 0.6) is 0 Å². The average molecular weight is 700 g/mol. The number of aliphatic hydroxyl groups excluding tert-OH is 2. The topological polar surface area (TPSA) is 69.6 Å². The molecule has 0 radical (unpaired) electrons. The first-order chi connectivity index (χ1) is 24.7. The molecule has 2 unspecified atom stereocenters. The van der Waals surface area contributed by atoms with Crippen molar-refractivity contribution in [3.8, 4) is 0 Å². The van der Waals surface area contributed by atoms with Crippen LogP contribution in [0.1, 0.15) is 219 Å². The van der Waals surface area contributed by atoms with E-state index in [1.807, 2.05) is 13.0 Å². The molecule has 0 heterocycles. The van der Waals surface area contributed by atoms with Crippen molar-refractivity contribution in [3.63, 3.8) is 0 Å². The summed E-state index contributed by atoms with van der Waals surface area (Å²) >= 11 is 0. The van der Waals surface area contributed by atoms with Crippen LogP contribution in [0, 0.1) is 0 Å². The highest BCUT2D eigenvalue weighted by Gasteiger charge is 2.17. The quantitative estimate of drug-likeness (QED) is 0.0442. The molecular weight excluding hydrogens is 615 g/mol. The van der Waals surface area contributed by atoms with Crippen molar-refractivity contribution in [3.05, 3.63) is 48.6 Å². The van der Waals surface area contributed by atoms with Gasteiger partial charge >= 0.3 is 0 Å². The zero-order valence-corrected chi connectivity index (χ0v) is 33.4. The summed E-state index contributed by atoms with van der Waals surface area (Å²) in [4.78, 5) is 12.3. The molecule has 0 bridgehead atoms. The van der Waals surface area contributed by atoms with E-state index < -0.39 is 12.1 Å². The van der Waals surface area contributed by atoms with Gasteiger partial charge in [0.2, 0.25) is 5.91 Å². The van der Waals surface area contributed by atoms with Gasteiger partial charge in [-0.2, -0.15) is 0 Å². The maximum absolute atomic E-state index is 12.3. The van der Waals surface area contributed by atoms with Gasteiger partial charge < -0.3 is 15.5 Å². The molecule has 3 N–H and O–H groups in total. The van der Waals surface area contributed by atoms with Gasteiger partial charge in [0.05, 0.1) is 18.8 Å². The van der Waals surface area contributed by atoms with Gasteiger partial charge in [0.1, 0.15) is 0 Å². The Morgan fingerprint density at radius 3 is 1.28 bits per heavy atom. The third kappa shape index (κ3) is 37.6. The molecule has 0 aliphatic rings. The summed E-state index contributed by atoms with van der Waals surface area (Å²) in [6.07, 6.45) is 56.9. The number of aliphatic hydroxyl groups is 2. The molecule has 1 amide bonds. The highest BCUT2D eigenvalue weighted by Crippen LogP contribution is 2.15. The molecule has 2 atom stereocenters. The van der Waals surface area contributed by atoms with Crippen LogP contribution in [0.3, 0.4) is 0 Å². The van der Waals surface area contributed by atoms with Crippen molar-refractivity contribution in [1.82, 2.24) is 5.32 Å². The molecule has 0 aliphatic heterocycles. The Bertz CT molecular complexity index is 801. The molecule has 50 heavy (non-hydrogen) atoms. The van der Waals surface area contributed by atoms with Crippen molar-refractivity contribution in [2.24, 2.45) is 0 Å². The fraction of sp³-hybridized carbons (Fsp3) is 0.804. The van der Waals surface area contributed by atoms with Crippen LogP contribution in [0.2, 0.25) is 0 Å². The Hall–Kier alpha value is -1.65. The molecule has 0 aromatic heterocycles. The van der Waals surface area contributed by atoms with Gasteiger partial charge in [-0.3, -0.25) is 4.79 Å². The highest BCUT2D eigenvalue weighted by atomic mass is 16.3. The Morgan fingerprint density at radius 1 is 0.500 bits per heavy atom. The summed E-state index contributed by atoms with van der Waals surface area (Å²) in [7, 11) is 0. The van der Waals surface area contributed by atoms with E-state index in [2.05, 4.69) is 48.7 Å². The third-order valence-corrected chi connectivity index (χ3v) is 9.86. The van der Waals surface area contributed by atoms with Gasteiger partial charge in [0, 0.05) is 6.42 Å². The Morgan fingerprint density at radius 2 is 0.860 bits per heavy atom. The van der Waals surface area contributed by atoms with Gasteiger partial charge in [-0.15, -0.1) is 0 Å². The van der Waals surface area contributed by atoms with Crippen molar-refractivity contribution < 1.29 is 15.0 Å². The zero-order chi connectivity index (χ0) is 36.4. The van der Waals surface area contributed by atoms with Crippen molar-refractivity contribution in [1.29, 1.82) is 0 Å². The van der Waals surface area contributed by atoms with Gasteiger partial charge in [-0.1, -0.05) is 197 Å². The summed E-state index contributed by atoms with van der Waals surface area (Å²) < 4.78 is 0. The van der Waals surface area contributed by atoms with E-state index in [1.54, 1.807) is 6.08 Å². The fourth-order valence-electron chi connectivity index (χ4n) is 6.51. The van der Waals surface area contributed by atoms with Crippen LogP contribution in [-0.2, 0) is 4.79 Å². The second-order valence-electron chi connectivity index (χ2n) is 14.8. The monoisotopic (exact) mass is 700 g/mol. The lowest BCUT2D eigenvalue weighted by Gasteiger charge is -2.19. The number of nitrogens with one attached hydrogen (secondary N) is 1. The maximum atomic E-state index is 12.3. The van der Waals surface area contributed by atoms with Crippen molar-refractivity contribution in [2.75, 3.05) is 6.61 Å². The van der Waals surface area contributed by atoms with E-state index >= 15 is 0 Å². The van der Waals surface area contributed by atoms with E-state index in [1.165, 1.54) is 161 Å². The van der Waals surface area contributed by atoms with E-state index in [4.69, 9.17) is 0 Å². The van der Waals surface area contributed by atoms with E-state index in [0.717, 1.165) is 38.5 Å². The Kier molecular flexibility index (Phi) is 40.4. The van der Waals surface area contributed by atoms with Crippen molar-refractivity contribution >= 4 is 5.91 Å². The normalized spacial score (nSPS) is 13.4. The minimum Gasteiger partial charge on any atom is -0.394 e. The summed E-state index contributed by atoms with van der Waals surface area (Å²) in [5.41, 5.74) is 0. The lowest BCUT2D eigenvalue weighted by atomic mass is 10.0. The molecule has 0 aliphatic carbocycles. The molecule has 0 aromatic rings. The van der Waals surface area contributed by atoms with Gasteiger partial charge in [0.25, 0.3) is 0 Å². The summed E-state index contributed by atoms with van der Waals surface area (Å²) in [6.45, 7) is 4.06. The molecule has 0 aromatic carbocycles. The van der Waals surface area contributed by atoms with Gasteiger partial charge in [-0.25, -0.2) is 0 Å². The molecule has 4 heteroatoms. The van der Waals surface area contributed by atoms with E-state index in [9.17, 15) is 15.0 Å². The first kappa shape index (κ1) is 48.3. The second kappa shape index (κ2) is 41.8. The Balaban J connectivity index is 3.45. The molecular formula is C46H85NO3. The lowest BCUT2D eigenvalue weighted by molar-refractivity contribution is -0.123. The predicted molar refractivity (Wildman–Crippen MR) is 221 cm³/mol. The Labute approximate surface area is 312 Å². The summed E-state index contributed by atoms with van der Waals surface area (Å²) in [6, 6.07) is -0.643. The molecule has 0 saturated carbocycles. The third-order valence-electron chi connectivity index (χ3n) is 9.86. The highest BCUT2D eigenvalue weighted by molar-refractivity contribution is 5.76. The second-order valence-corrected chi connectivity index (χ2v) is 14.8. The summed E-state index contributed by atoms with van der Waals surface area (Å²) in [5, 5.41) is 22.8. The minimum atomic E-state index is -0.867. The van der Waals surface area contributed by atoms with Crippen LogP contribution in [0.4, 0.5) is 0 Å². The van der Waals surface area contributed by atoms with Crippen LogP contribution in [0.25, 0.3) is 0 Å². The maximum Gasteiger partial charge on any atom is 0.220 e. The number of rotatable bonds is 39. The predicted octanol–water partition coefficient (Wildman–Crippen LogP) is 13.6. The van der Waals surface area contributed by atoms with Crippen LogP contribution < -0.4 is 5.32 Å². The van der Waals surface area contributed by atoms with Gasteiger partial charge in [0.15, 0.2) is 0 Å². The van der Waals surface area contributed by atoms with E-state index in [0.29, 0.717) is 6.42 Å². The molecule has 0 fully saturated rings. The number of carbonyl (C=O) groups is 1. The number of hydrogen-bond donors (Lipinski definition) is 3. The number of carbonyl (C=O) groups excluding carboxylic acids is 1. The molecule has 4 nitrogen and oxygen atoms in total. The fourth-order valence-corrected chi connectivity index (χ4v) is 6.51.